The van der Waals surface area contributed by atoms with Gasteiger partial charge in [-0.2, -0.15) is 0 Å². The van der Waals surface area contributed by atoms with Crippen LogP contribution in [0.3, 0.4) is 0 Å². The minimum atomic E-state index is 0.826. The van der Waals surface area contributed by atoms with E-state index >= 15 is 0 Å². The lowest BCUT2D eigenvalue weighted by Gasteiger charge is -2.28. The van der Waals surface area contributed by atoms with Crippen molar-refractivity contribution >= 4 is 27.3 Å². The number of rotatable bonds is 4. The van der Waals surface area contributed by atoms with E-state index in [1.807, 2.05) is 12.1 Å². The zero-order chi connectivity index (χ0) is 14.5. The Morgan fingerprint density at radius 1 is 0.952 bits per heavy atom. The third kappa shape index (κ3) is 3.99. The molecule has 1 heterocycles. The lowest BCUT2D eigenvalue weighted by molar-refractivity contribution is 0.122. The van der Waals surface area contributed by atoms with Gasteiger partial charge in [0.1, 0.15) is 0 Å². The van der Waals surface area contributed by atoms with Crippen molar-refractivity contribution < 1.29 is 4.74 Å². The number of hydrogen-bond acceptors (Lipinski definition) is 3. The van der Waals surface area contributed by atoms with Crippen LogP contribution in [0.25, 0.3) is 0 Å². The van der Waals surface area contributed by atoms with Crippen LogP contribution in [-0.2, 0) is 11.3 Å². The van der Waals surface area contributed by atoms with Crippen molar-refractivity contribution in [2.24, 2.45) is 0 Å². The molecule has 0 aliphatic carbocycles. The van der Waals surface area contributed by atoms with Crippen molar-refractivity contribution in [3.63, 3.8) is 0 Å². The second-order valence-electron chi connectivity index (χ2n) is 5.13. The highest BCUT2D eigenvalue weighted by Gasteiger charge is 2.10. The van der Waals surface area contributed by atoms with E-state index in [9.17, 15) is 0 Å². The average Bonchev–Trinajstić information content (AvgIpc) is 2.56. The topological polar surface area (TPSA) is 24.5 Å². The minimum Gasteiger partial charge on any atom is -0.381 e. The van der Waals surface area contributed by atoms with Gasteiger partial charge < -0.3 is 15.0 Å². The fourth-order valence-electron chi connectivity index (χ4n) is 2.42. The summed E-state index contributed by atoms with van der Waals surface area (Å²) in [4.78, 5) is 2.37. The Morgan fingerprint density at radius 3 is 2.29 bits per heavy atom. The van der Waals surface area contributed by atoms with Crippen molar-refractivity contribution in [1.82, 2.24) is 0 Å². The third-order valence-electron chi connectivity index (χ3n) is 3.65. The van der Waals surface area contributed by atoms with E-state index in [-0.39, 0.29) is 0 Å². The van der Waals surface area contributed by atoms with E-state index in [2.05, 4.69) is 62.5 Å². The summed E-state index contributed by atoms with van der Waals surface area (Å²) in [6.07, 6.45) is 0. The molecule has 4 heteroatoms. The zero-order valence-electron chi connectivity index (χ0n) is 11.9. The first-order valence-electron chi connectivity index (χ1n) is 7.22. The van der Waals surface area contributed by atoms with Gasteiger partial charge in [0, 0.05) is 35.5 Å². The molecule has 1 fully saturated rings. The normalized spacial score (nSPS) is 15.0. The van der Waals surface area contributed by atoms with E-state index in [1.165, 1.54) is 11.3 Å². The molecule has 1 N–H and O–H groups in total. The number of anilines is 2. The molecule has 2 aromatic rings. The van der Waals surface area contributed by atoms with Crippen molar-refractivity contribution in [3.8, 4) is 0 Å². The molecule has 3 rings (SSSR count). The van der Waals surface area contributed by atoms with Crippen LogP contribution in [-0.4, -0.2) is 26.3 Å². The molecule has 2 aromatic carbocycles. The predicted octanol–water partition coefficient (Wildman–Crippen LogP) is 3.90. The first-order valence-corrected chi connectivity index (χ1v) is 8.02. The number of benzene rings is 2. The summed E-state index contributed by atoms with van der Waals surface area (Å²) < 4.78 is 6.49. The van der Waals surface area contributed by atoms with Crippen LogP contribution >= 0.6 is 15.9 Å². The molecule has 0 radical (unpaired) electrons. The molecule has 1 aliphatic heterocycles. The van der Waals surface area contributed by atoms with Gasteiger partial charge >= 0.3 is 0 Å². The Kier molecular flexibility index (Phi) is 4.78. The van der Waals surface area contributed by atoms with Gasteiger partial charge in [-0.1, -0.05) is 28.1 Å². The highest BCUT2D eigenvalue weighted by atomic mass is 79.9. The van der Waals surface area contributed by atoms with Gasteiger partial charge in [0.25, 0.3) is 0 Å². The number of ether oxygens (including phenoxy) is 1. The minimum absolute atomic E-state index is 0.826. The van der Waals surface area contributed by atoms with Crippen LogP contribution in [0.1, 0.15) is 5.56 Å². The van der Waals surface area contributed by atoms with E-state index in [4.69, 9.17) is 4.74 Å². The molecular weight excluding hydrogens is 328 g/mol. The molecule has 0 unspecified atom stereocenters. The molecule has 1 aliphatic rings. The Balaban J connectivity index is 1.57. The van der Waals surface area contributed by atoms with Crippen molar-refractivity contribution in [2.75, 3.05) is 36.5 Å². The second kappa shape index (κ2) is 6.96. The summed E-state index contributed by atoms with van der Waals surface area (Å²) in [5.74, 6) is 0. The monoisotopic (exact) mass is 346 g/mol. The van der Waals surface area contributed by atoms with Crippen LogP contribution in [0, 0.1) is 0 Å². The summed E-state index contributed by atoms with van der Waals surface area (Å²) >= 11 is 3.45. The number of morpholine rings is 1. The molecule has 0 spiro atoms. The van der Waals surface area contributed by atoms with Gasteiger partial charge in [0.15, 0.2) is 0 Å². The lowest BCUT2D eigenvalue weighted by Crippen LogP contribution is -2.36. The lowest BCUT2D eigenvalue weighted by atomic mass is 10.2. The van der Waals surface area contributed by atoms with Crippen LogP contribution in [0.4, 0.5) is 11.4 Å². The molecular formula is C17H19BrN2O. The van der Waals surface area contributed by atoms with E-state index < -0.39 is 0 Å². The Hall–Kier alpha value is -1.52. The van der Waals surface area contributed by atoms with Gasteiger partial charge in [-0.05, 0) is 42.0 Å². The number of halogens is 1. The molecule has 0 saturated carbocycles. The van der Waals surface area contributed by atoms with Crippen molar-refractivity contribution in [1.29, 1.82) is 0 Å². The molecule has 0 aromatic heterocycles. The summed E-state index contributed by atoms with van der Waals surface area (Å²) in [6, 6.07) is 17.0. The number of nitrogens with zero attached hydrogens (tertiary/aromatic N) is 1. The van der Waals surface area contributed by atoms with Crippen LogP contribution in [0.15, 0.2) is 53.0 Å². The molecule has 0 amide bonds. The maximum absolute atomic E-state index is 5.39. The maximum Gasteiger partial charge on any atom is 0.0642 e. The summed E-state index contributed by atoms with van der Waals surface area (Å²) in [7, 11) is 0. The van der Waals surface area contributed by atoms with Crippen molar-refractivity contribution in [3.05, 3.63) is 58.6 Å². The predicted molar refractivity (Wildman–Crippen MR) is 90.9 cm³/mol. The largest absolute Gasteiger partial charge is 0.381 e. The summed E-state index contributed by atoms with van der Waals surface area (Å²) in [5.41, 5.74) is 3.70. The van der Waals surface area contributed by atoms with Crippen LogP contribution in [0.5, 0.6) is 0 Å². The van der Waals surface area contributed by atoms with Crippen LogP contribution in [0.2, 0.25) is 0 Å². The SMILES string of the molecule is Brc1ccc(NCc2ccc(N3CCOCC3)cc2)cc1. The molecule has 21 heavy (non-hydrogen) atoms. The summed E-state index contributed by atoms with van der Waals surface area (Å²) in [5, 5.41) is 3.43. The number of nitrogens with one attached hydrogen (secondary N) is 1. The molecule has 110 valence electrons. The highest BCUT2D eigenvalue weighted by Crippen LogP contribution is 2.18. The first kappa shape index (κ1) is 14.4. The quantitative estimate of drug-likeness (QED) is 0.908. The Bertz CT molecular complexity index is 562. The fourth-order valence-corrected chi connectivity index (χ4v) is 2.68. The zero-order valence-corrected chi connectivity index (χ0v) is 13.5. The standard InChI is InChI=1S/C17H19BrN2O/c18-15-3-5-16(6-4-15)19-13-14-1-7-17(8-2-14)20-9-11-21-12-10-20/h1-8,19H,9-13H2. The maximum atomic E-state index is 5.39. The first-order chi connectivity index (χ1) is 10.3. The number of hydrogen-bond donors (Lipinski definition) is 1. The summed E-state index contributed by atoms with van der Waals surface area (Å²) in [6.45, 7) is 4.46. The van der Waals surface area contributed by atoms with Gasteiger partial charge in [-0.25, -0.2) is 0 Å². The van der Waals surface area contributed by atoms with Gasteiger partial charge in [-0.3, -0.25) is 0 Å². The Labute approximate surface area is 134 Å². The highest BCUT2D eigenvalue weighted by molar-refractivity contribution is 9.10. The molecule has 0 atom stereocenters. The van der Waals surface area contributed by atoms with Gasteiger partial charge in [0.05, 0.1) is 13.2 Å². The molecule has 1 saturated heterocycles. The molecule has 3 nitrogen and oxygen atoms in total. The van der Waals surface area contributed by atoms with E-state index in [0.717, 1.165) is 43.0 Å². The van der Waals surface area contributed by atoms with E-state index in [1.54, 1.807) is 0 Å². The average molecular weight is 347 g/mol. The smallest absolute Gasteiger partial charge is 0.0642 e. The van der Waals surface area contributed by atoms with Crippen molar-refractivity contribution in [2.45, 2.75) is 6.54 Å². The molecule has 0 bridgehead atoms. The third-order valence-corrected chi connectivity index (χ3v) is 4.18. The van der Waals surface area contributed by atoms with Crippen LogP contribution < -0.4 is 10.2 Å². The van der Waals surface area contributed by atoms with Gasteiger partial charge in [0.2, 0.25) is 0 Å². The fraction of sp³-hybridized carbons (Fsp3) is 0.294. The van der Waals surface area contributed by atoms with E-state index in [0.29, 0.717) is 0 Å². The van der Waals surface area contributed by atoms with Gasteiger partial charge in [-0.15, -0.1) is 0 Å². The Morgan fingerprint density at radius 2 is 1.62 bits per heavy atom. The second-order valence-corrected chi connectivity index (χ2v) is 6.04.